The first-order chi connectivity index (χ1) is 12.1. The van der Waals surface area contributed by atoms with Crippen LogP contribution in [-0.4, -0.2) is 18.2 Å². The third-order valence-electron chi connectivity index (χ3n) is 3.65. The number of aromatic nitrogens is 1. The molecule has 1 N–H and O–H groups in total. The first-order valence-corrected chi connectivity index (χ1v) is 7.81. The Labute approximate surface area is 145 Å². The molecule has 0 aliphatic heterocycles. The molecule has 0 saturated carbocycles. The molecule has 0 fully saturated rings. The third kappa shape index (κ3) is 4.35. The predicted octanol–water partition coefficient (Wildman–Crippen LogP) is 4.31. The first-order valence-electron chi connectivity index (χ1n) is 7.81. The molecule has 3 rings (SSSR count). The maximum absolute atomic E-state index is 12.0. The van der Waals surface area contributed by atoms with Crippen LogP contribution in [0, 0.1) is 6.92 Å². The molecule has 0 aliphatic rings. The van der Waals surface area contributed by atoms with Crippen molar-refractivity contribution in [3.63, 3.8) is 0 Å². The highest BCUT2D eigenvalue weighted by molar-refractivity contribution is 6.01. The number of anilines is 1. The second kappa shape index (κ2) is 7.49. The molecule has 2 aromatic carbocycles. The minimum Gasteiger partial charge on any atom is -0.497 e. The highest BCUT2D eigenvalue weighted by Gasteiger charge is 2.08. The van der Waals surface area contributed by atoms with Crippen LogP contribution in [0.1, 0.15) is 11.1 Å². The normalized spacial score (nSPS) is 10.8. The van der Waals surface area contributed by atoms with E-state index in [0.29, 0.717) is 11.6 Å². The van der Waals surface area contributed by atoms with Crippen LogP contribution in [0.2, 0.25) is 0 Å². The van der Waals surface area contributed by atoms with Crippen LogP contribution >= 0.6 is 0 Å². The highest BCUT2D eigenvalue weighted by Crippen LogP contribution is 2.22. The molecule has 0 saturated heterocycles. The molecule has 3 aromatic rings. The number of nitrogens with zero attached hydrogens (tertiary/aromatic N) is 1. The fourth-order valence-corrected chi connectivity index (χ4v) is 2.24. The van der Waals surface area contributed by atoms with E-state index in [0.717, 1.165) is 16.9 Å². The number of methoxy groups -OCH3 is 1. The van der Waals surface area contributed by atoms with Crippen molar-refractivity contribution in [3.8, 4) is 17.0 Å². The molecule has 0 bridgehead atoms. The molecule has 1 amide bonds. The Balaban J connectivity index is 1.63. The van der Waals surface area contributed by atoms with Gasteiger partial charge in [0.15, 0.2) is 0 Å². The standard InChI is InChI=1S/C20H18N2O3/c1-14-3-8-16(9-4-14)18-13-20(25-22-18)21-19(23)12-7-15-5-10-17(24-2)11-6-15/h3-13H,1-2H3,(H,21,23)/b12-7+. The Hall–Kier alpha value is -3.34. The summed E-state index contributed by atoms with van der Waals surface area (Å²) < 4.78 is 10.3. The molecule has 0 unspecified atom stereocenters. The molecular weight excluding hydrogens is 316 g/mol. The number of carbonyl (C=O) groups is 1. The van der Waals surface area contributed by atoms with Gasteiger partial charge in [-0.2, -0.15) is 0 Å². The number of hydrogen-bond donors (Lipinski definition) is 1. The Morgan fingerprint density at radius 3 is 2.52 bits per heavy atom. The van der Waals surface area contributed by atoms with Crippen LogP contribution in [0.5, 0.6) is 5.75 Å². The van der Waals surface area contributed by atoms with Crippen molar-refractivity contribution in [2.24, 2.45) is 0 Å². The summed E-state index contributed by atoms with van der Waals surface area (Å²) in [5.41, 5.74) is 3.68. The van der Waals surface area contributed by atoms with Gasteiger partial charge in [-0.1, -0.05) is 47.1 Å². The third-order valence-corrected chi connectivity index (χ3v) is 3.65. The zero-order valence-corrected chi connectivity index (χ0v) is 14.0. The second-order valence-electron chi connectivity index (χ2n) is 5.54. The summed E-state index contributed by atoms with van der Waals surface area (Å²) in [6.07, 6.45) is 3.15. The van der Waals surface area contributed by atoms with Crippen molar-refractivity contribution in [1.29, 1.82) is 0 Å². The van der Waals surface area contributed by atoms with Gasteiger partial charge in [0.25, 0.3) is 5.91 Å². The molecule has 0 spiro atoms. The zero-order valence-electron chi connectivity index (χ0n) is 14.0. The average molecular weight is 334 g/mol. The molecule has 0 atom stereocenters. The maximum atomic E-state index is 12.0. The molecule has 25 heavy (non-hydrogen) atoms. The Morgan fingerprint density at radius 2 is 1.84 bits per heavy atom. The van der Waals surface area contributed by atoms with E-state index in [2.05, 4.69) is 10.5 Å². The molecule has 1 heterocycles. The number of nitrogens with one attached hydrogen (secondary N) is 1. The SMILES string of the molecule is COc1ccc(/C=C/C(=O)Nc2cc(-c3ccc(C)cc3)no2)cc1. The van der Waals surface area contributed by atoms with E-state index < -0.39 is 0 Å². The molecule has 1 aromatic heterocycles. The fraction of sp³-hybridized carbons (Fsp3) is 0.100. The van der Waals surface area contributed by atoms with Crippen LogP contribution in [0.3, 0.4) is 0 Å². The number of aryl methyl sites for hydroxylation is 1. The minimum atomic E-state index is -0.289. The van der Waals surface area contributed by atoms with Gasteiger partial charge in [0.2, 0.25) is 5.88 Å². The van der Waals surface area contributed by atoms with Gasteiger partial charge in [0, 0.05) is 17.7 Å². The molecule has 5 nitrogen and oxygen atoms in total. The molecular formula is C20H18N2O3. The highest BCUT2D eigenvalue weighted by atomic mass is 16.5. The molecule has 5 heteroatoms. The summed E-state index contributed by atoms with van der Waals surface area (Å²) in [7, 11) is 1.61. The van der Waals surface area contributed by atoms with Gasteiger partial charge in [0.1, 0.15) is 11.4 Å². The average Bonchev–Trinajstić information content (AvgIpc) is 3.09. The van der Waals surface area contributed by atoms with E-state index in [1.807, 2.05) is 55.5 Å². The van der Waals surface area contributed by atoms with Gasteiger partial charge in [-0.25, -0.2) is 0 Å². The van der Waals surface area contributed by atoms with Crippen molar-refractivity contribution >= 4 is 17.9 Å². The van der Waals surface area contributed by atoms with E-state index in [1.165, 1.54) is 11.6 Å². The Bertz CT molecular complexity index is 878. The largest absolute Gasteiger partial charge is 0.497 e. The van der Waals surface area contributed by atoms with E-state index in [-0.39, 0.29) is 5.91 Å². The molecule has 0 aliphatic carbocycles. The lowest BCUT2D eigenvalue weighted by Gasteiger charge is -1.99. The fourth-order valence-electron chi connectivity index (χ4n) is 2.24. The van der Waals surface area contributed by atoms with Gasteiger partial charge < -0.3 is 9.26 Å². The van der Waals surface area contributed by atoms with Crippen LogP contribution < -0.4 is 10.1 Å². The van der Waals surface area contributed by atoms with Gasteiger partial charge in [-0.15, -0.1) is 0 Å². The first kappa shape index (κ1) is 16.5. The summed E-state index contributed by atoms with van der Waals surface area (Å²) in [4.78, 5) is 12.0. The van der Waals surface area contributed by atoms with Gasteiger partial charge in [0.05, 0.1) is 7.11 Å². The number of carbonyl (C=O) groups excluding carboxylic acids is 1. The minimum absolute atomic E-state index is 0.289. The van der Waals surface area contributed by atoms with Crippen molar-refractivity contribution in [3.05, 3.63) is 71.8 Å². The van der Waals surface area contributed by atoms with Gasteiger partial charge in [-0.3, -0.25) is 10.1 Å². The number of hydrogen-bond acceptors (Lipinski definition) is 4. The van der Waals surface area contributed by atoms with Crippen LogP contribution in [-0.2, 0) is 4.79 Å². The summed E-state index contributed by atoms with van der Waals surface area (Å²) in [5.74, 6) is 0.786. The van der Waals surface area contributed by atoms with Crippen molar-refractivity contribution in [2.75, 3.05) is 12.4 Å². The van der Waals surface area contributed by atoms with E-state index in [4.69, 9.17) is 9.26 Å². The second-order valence-corrected chi connectivity index (χ2v) is 5.54. The van der Waals surface area contributed by atoms with Crippen LogP contribution in [0.4, 0.5) is 5.88 Å². The topological polar surface area (TPSA) is 64.4 Å². The van der Waals surface area contributed by atoms with Crippen LogP contribution in [0.15, 0.2) is 65.2 Å². The van der Waals surface area contributed by atoms with Crippen molar-refractivity contribution < 1.29 is 14.1 Å². The predicted molar refractivity (Wildman–Crippen MR) is 97.3 cm³/mol. The van der Waals surface area contributed by atoms with E-state index in [1.54, 1.807) is 19.3 Å². The van der Waals surface area contributed by atoms with Crippen LogP contribution in [0.25, 0.3) is 17.3 Å². The number of amides is 1. The summed E-state index contributed by atoms with van der Waals surface area (Å²) >= 11 is 0. The lowest BCUT2D eigenvalue weighted by molar-refractivity contribution is -0.112. The van der Waals surface area contributed by atoms with E-state index >= 15 is 0 Å². The summed E-state index contributed by atoms with van der Waals surface area (Å²) in [5, 5.41) is 6.64. The molecule has 126 valence electrons. The Kier molecular flexibility index (Phi) is 4.95. The summed E-state index contributed by atoms with van der Waals surface area (Å²) in [6, 6.07) is 17.0. The number of ether oxygens (including phenoxy) is 1. The molecule has 0 radical (unpaired) electrons. The summed E-state index contributed by atoms with van der Waals surface area (Å²) in [6.45, 7) is 2.02. The van der Waals surface area contributed by atoms with Crippen molar-refractivity contribution in [2.45, 2.75) is 6.92 Å². The van der Waals surface area contributed by atoms with E-state index in [9.17, 15) is 4.79 Å². The maximum Gasteiger partial charge on any atom is 0.250 e. The number of benzene rings is 2. The van der Waals surface area contributed by atoms with Crippen molar-refractivity contribution in [1.82, 2.24) is 5.16 Å². The van der Waals surface area contributed by atoms with Gasteiger partial charge in [-0.05, 0) is 30.7 Å². The quantitative estimate of drug-likeness (QED) is 0.706. The van der Waals surface area contributed by atoms with Gasteiger partial charge >= 0.3 is 0 Å². The number of rotatable bonds is 5. The zero-order chi connectivity index (χ0) is 17.6. The smallest absolute Gasteiger partial charge is 0.250 e. The lowest BCUT2D eigenvalue weighted by atomic mass is 10.1. The Morgan fingerprint density at radius 1 is 1.12 bits per heavy atom. The monoisotopic (exact) mass is 334 g/mol. The lowest BCUT2D eigenvalue weighted by Crippen LogP contribution is -2.06.